The lowest BCUT2D eigenvalue weighted by Crippen LogP contribution is -2.15. The van der Waals surface area contributed by atoms with Crippen molar-refractivity contribution < 1.29 is 9.18 Å². The maximum Gasteiger partial charge on any atom is 0.276 e. The molecule has 0 saturated carbocycles. The quantitative estimate of drug-likeness (QED) is 0.755. The molecule has 0 spiro atoms. The predicted molar refractivity (Wildman–Crippen MR) is 87.9 cm³/mol. The van der Waals surface area contributed by atoms with Gasteiger partial charge in [-0.1, -0.05) is 18.2 Å². The number of hydrogen-bond acceptors (Lipinski definition) is 5. The molecule has 0 unspecified atom stereocenters. The van der Waals surface area contributed by atoms with Crippen molar-refractivity contribution in [2.75, 3.05) is 10.6 Å². The molecular formula is C17H14FN5O. The van der Waals surface area contributed by atoms with Gasteiger partial charge in [0, 0.05) is 18.9 Å². The summed E-state index contributed by atoms with van der Waals surface area (Å²) in [6, 6.07) is 12.9. The van der Waals surface area contributed by atoms with E-state index >= 15 is 0 Å². The molecule has 24 heavy (non-hydrogen) atoms. The Balaban J connectivity index is 1.61. The van der Waals surface area contributed by atoms with Gasteiger partial charge >= 0.3 is 0 Å². The minimum absolute atomic E-state index is 0.100. The largest absolute Gasteiger partial charge is 0.364 e. The highest BCUT2D eigenvalue weighted by atomic mass is 19.1. The zero-order valence-electron chi connectivity index (χ0n) is 12.6. The lowest BCUT2D eigenvalue weighted by Gasteiger charge is -2.07. The predicted octanol–water partition coefficient (Wildman–Crippen LogP) is 2.88. The summed E-state index contributed by atoms with van der Waals surface area (Å²) in [7, 11) is 0. The monoisotopic (exact) mass is 323 g/mol. The van der Waals surface area contributed by atoms with Crippen LogP contribution >= 0.6 is 0 Å². The fraction of sp³-hybridized carbons (Fsp3) is 0.0588. The Kier molecular flexibility index (Phi) is 4.71. The van der Waals surface area contributed by atoms with Crippen molar-refractivity contribution in [2.24, 2.45) is 0 Å². The molecule has 0 radical (unpaired) electrons. The molecule has 2 heterocycles. The smallest absolute Gasteiger partial charge is 0.276 e. The van der Waals surface area contributed by atoms with Gasteiger partial charge in [0.15, 0.2) is 5.69 Å². The first kappa shape index (κ1) is 15.5. The van der Waals surface area contributed by atoms with Gasteiger partial charge in [-0.05, 0) is 35.9 Å². The van der Waals surface area contributed by atoms with E-state index in [1.807, 2.05) is 12.1 Å². The van der Waals surface area contributed by atoms with Crippen LogP contribution in [0.4, 0.5) is 15.9 Å². The number of halogens is 1. The van der Waals surface area contributed by atoms with Crippen LogP contribution < -0.4 is 10.6 Å². The number of carbonyl (C=O) groups excluding carboxylic acids is 1. The number of anilines is 2. The van der Waals surface area contributed by atoms with Gasteiger partial charge in [-0.2, -0.15) is 0 Å². The van der Waals surface area contributed by atoms with E-state index in [-0.39, 0.29) is 11.4 Å². The number of nitrogens with zero attached hydrogens (tertiary/aromatic N) is 3. The molecule has 0 aliphatic heterocycles. The number of carbonyl (C=O) groups is 1. The van der Waals surface area contributed by atoms with E-state index in [1.165, 1.54) is 18.2 Å². The number of amides is 1. The second-order valence-electron chi connectivity index (χ2n) is 4.95. The molecule has 0 bridgehead atoms. The Morgan fingerprint density at radius 3 is 2.62 bits per heavy atom. The summed E-state index contributed by atoms with van der Waals surface area (Å²) in [5, 5.41) is 13.3. The van der Waals surface area contributed by atoms with Gasteiger partial charge in [0.1, 0.15) is 11.6 Å². The van der Waals surface area contributed by atoms with E-state index in [9.17, 15) is 9.18 Å². The van der Waals surface area contributed by atoms with Gasteiger partial charge in [0.2, 0.25) is 0 Å². The SMILES string of the molecule is O=C(Nc1ccccc1F)c1ccc(NCc2cccnc2)nn1. The van der Waals surface area contributed by atoms with E-state index in [1.54, 1.807) is 30.6 Å². The number of aromatic nitrogens is 3. The van der Waals surface area contributed by atoms with Gasteiger partial charge < -0.3 is 10.6 Å². The zero-order valence-corrected chi connectivity index (χ0v) is 12.6. The van der Waals surface area contributed by atoms with Gasteiger partial charge in [-0.15, -0.1) is 10.2 Å². The molecule has 3 aromatic rings. The van der Waals surface area contributed by atoms with Crippen LogP contribution in [0.25, 0.3) is 0 Å². The van der Waals surface area contributed by atoms with Crippen molar-refractivity contribution >= 4 is 17.4 Å². The molecule has 0 atom stereocenters. The van der Waals surface area contributed by atoms with E-state index in [2.05, 4.69) is 25.8 Å². The summed E-state index contributed by atoms with van der Waals surface area (Å²) in [5.74, 6) is -0.499. The highest BCUT2D eigenvalue weighted by molar-refractivity contribution is 6.02. The van der Waals surface area contributed by atoms with Crippen LogP contribution in [0.5, 0.6) is 0 Å². The molecule has 3 rings (SSSR count). The maximum atomic E-state index is 13.5. The Morgan fingerprint density at radius 1 is 1.04 bits per heavy atom. The van der Waals surface area contributed by atoms with E-state index in [4.69, 9.17) is 0 Å². The first-order valence-electron chi connectivity index (χ1n) is 7.25. The molecule has 1 amide bonds. The molecular weight excluding hydrogens is 309 g/mol. The highest BCUT2D eigenvalue weighted by Crippen LogP contribution is 2.13. The third-order valence-electron chi connectivity index (χ3n) is 3.22. The van der Waals surface area contributed by atoms with E-state index in [0.29, 0.717) is 12.4 Å². The van der Waals surface area contributed by atoms with Crippen LogP contribution in [0, 0.1) is 5.82 Å². The molecule has 6 nitrogen and oxygen atoms in total. The third-order valence-corrected chi connectivity index (χ3v) is 3.22. The average Bonchev–Trinajstić information content (AvgIpc) is 2.63. The second kappa shape index (κ2) is 7.28. The lowest BCUT2D eigenvalue weighted by molar-refractivity contribution is 0.102. The van der Waals surface area contributed by atoms with Crippen molar-refractivity contribution in [3.63, 3.8) is 0 Å². The van der Waals surface area contributed by atoms with E-state index in [0.717, 1.165) is 5.56 Å². The molecule has 7 heteroatoms. The first-order valence-corrected chi connectivity index (χ1v) is 7.25. The summed E-state index contributed by atoms with van der Waals surface area (Å²) < 4.78 is 13.5. The molecule has 2 aromatic heterocycles. The summed E-state index contributed by atoms with van der Waals surface area (Å²) >= 11 is 0. The third kappa shape index (κ3) is 3.89. The van der Waals surface area contributed by atoms with Crippen LogP contribution in [0.3, 0.4) is 0 Å². The van der Waals surface area contributed by atoms with Crippen LogP contribution in [0.15, 0.2) is 60.9 Å². The van der Waals surface area contributed by atoms with Crippen molar-refractivity contribution in [1.29, 1.82) is 0 Å². The van der Waals surface area contributed by atoms with Crippen molar-refractivity contribution in [3.8, 4) is 0 Å². The molecule has 1 aromatic carbocycles. The molecule has 120 valence electrons. The van der Waals surface area contributed by atoms with Crippen molar-refractivity contribution in [2.45, 2.75) is 6.54 Å². The normalized spacial score (nSPS) is 10.2. The van der Waals surface area contributed by atoms with Gasteiger partial charge in [0.05, 0.1) is 5.69 Å². The van der Waals surface area contributed by atoms with Gasteiger partial charge in [-0.25, -0.2) is 4.39 Å². The summed E-state index contributed by atoms with van der Waals surface area (Å²) in [4.78, 5) is 16.1. The molecule has 0 saturated heterocycles. The fourth-order valence-electron chi connectivity index (χ4n) is 1.99. The van der Waals surface area contributed by atoms with Crippen molar-refractivity contribution in [1.82, 2.24) is 15.2 Å². The number of pyridine rings is 1. The Bertz CT molecular complexity index is 824. The number of para-hydroxylation sites is 1. The van der Waals surface area contributed by atoms with Crippen LogP contribution in [0.1, 0.15) is 16.1 Å². The maximum absolute atomic E-state index is 13.5. The molecule has 2 N–H and O–H groups in total. The number of benzene rings is 1. The Morgan fingerprint density at radius 2 is 1.92 bits per heavy atom. The lowest BCUT2D eigenvalue weighted by atomic mass is 10.3. The van der Waals surface area contributed by atoms with Crippen LogP contribution in [-0.2, 0) is 6.54 Å². The minimum Gasteiger partial charge on any atom is -0.364 e. The minimum atomic E-state index is -0.522. The molecule has 0 aliphatic carbocycles. The second-order valence-corrected chi connectivity index (χ2v) is 4.95. The Hall–Kier alpha value is -3.35. The number of nitrogens with one attached hydrogen (secondary N) is 2. The first-order chi connectivity index (χ1) is 11.7. The summed E-state index contributed by atoms with van der Waals surface area (Å²) in [5.41, 5.74) is 1.20. The van der Waals surface area contributed by atoms with Gasteiger partial charge in [0.25, 0.3) is 5.91 Å². The van der Waals surface area contributed by atoms with Crippen LogP contribution in [0.2, 0.25) is 0 Å². The average molecular weight is 323 g/mol. The standard InChI is InChI=1S/C17H14FN5O/c18-13-5-1-2-6-14(13)21-17(24)15-7-8-16(23-22-15)20-11-12-4-3-9-19-10-12/h1-10H,11H2,(H,20,23)(H,21,24). The number of hydrogen-bond donors (Lipinski definition) is 2. The topological polar surface area (TPSA) is 79.8 Å². The zero-order chi connectivity index (χ0) is 16.8. The summed E-state index contributed by atoms with van der Waals surface area (Å²) in [6.07, 6.45) is 3.45. The summed E-state index contributed by atoms with van der Waals surface area (Å²) in [6.45, 7) is 0.545. The fourth-order valence-corrected chi connectivity index (χ4v) is 1.99. The van der Waals surface area contributed by atoms with E-state index < -0.39 is 11.7 Å². The number of rotatable bonds is 5. The highest BCUT2D eigenvalue weighted by Gasteiger charge is 2.11. The van der Waals surface area contributed by atoms with Crippen molar-refractivity contribution in [3.05, 3.63) is 78.0 Å². The molecule has 0 fully saturated rings. The van der Waals surface area contributed by atoms with Crippen LogP contribution in [-0.4, -0.2) is 21.1 Å². The Labute approximate surface area is 137 Å². The van der Waals surface area contributed by atoms with Gasteiger partial charge in [-0.3, -0.25) is 9.78 Å². The molecule has 0 aliphatic rings.